The van der Waals surface area contributed by atoms with Crippen LogP contribution in [0.5, 0.6) is 0 Å². The number of nitriles is 1. The molecule has 0 radical (unpaired) electrons. The Hall–Kier alpha value is -1.13. The maximum atomic E-state index is 11.4. The SMILES string of the molecule is CC(C)c1nnc(NC(=O)CSCC#N)s1. The van der Waals surface area contributed by atoms with Crippen LogP contribution in [0.15, 0.2) is 0 Å². The molecule has 1 aromatic heterocycles. The lowest BCUT2D eigenvalue weighted by Gasteiger charge is -1.98. The van der Waals surface area contributed by atoms with Crippen LogP contribution in [-0.4, -0.2) is 27.6 Å². The maximum Gasteiger partial charge on any atom is 0.236 e. The van der Waals surface area contributed by atoms with E-state index in [0.29, 0.717) is 16.8 Å². The van der Waals surface area contributed by atoms with Gasteiger partial charge in [-0.2, -0.15) is 5.26 Å². The van der Waals surface area contributed by atoms with Gasteiger partial charge in [-0.15, -0.1) is 22.0 Å². The van der Waals surface area contributed by atoms with E-state index in [4.69, 9.17) is 5.26 Å². The van der Waals surface area contributed by atoms with Crippen LogP contribution in [0, 0.1) is 11.3 Å². The van der Waals surface area contributed by atoms with Crippen LogP contribution in [0.4, 0.5) is 5.13 Å². The Morgan fingerprint density at radius 2 is 2.38 bits per heavy atom. The van der Waals surface area contributed by atoms with Crippen molar-refractivity contribution in [2.75, 3.05) is 16.8 Å². The van der Waals surface area contributed by atoms with Crippen LogP contribution in [0.1, 0.15) is 24.8 Å². The average molecular weight is 256 g/mol. The van der Waals surface area contributed by atoms with Gasteiger partial charge in [-0.25, -0.2) is 0 Å². The fraction of sp³-hybridized carbons (Fsp3) is 0.556. The van der Waals surface area contributed by atoms with Crippen molar-refractivity contribution in [2.24, 2.45) is 0 Å². The summed E-state index contributed by atoms with van der Waals surface area (Å²) >= 11 is 2.66. The summed E-state index contributed by atoms with van der Waals surface area (Å²) in [5.41, 5.74) is 0. The summed E-state index contributed by atoms with van der Waals surface area (Å²) in [4.78, 5) is 11.4. The monoisotopic (exact) mass is 256 g/mol. The van der Waals surface area contributed by atoms with Gasteiger partial charge in [0.05, 0.1) is 17.6 Å². The molecule has 0 aliphatic rings. The molecule has 5 nitrogen and oxygen atoms in total. The lowest BCUT2D eigenvalue weighted by molar-refractivity contribution is -0.113. The van der Waals surface area contributed by atoms with Gasteiger partial charge in [-0.1, -0.05) is 25.2 Å². The van der Waals surface area contributed by atoms with Crippen molar-refractivity contribution in [1.82, 2.24) is 10.2 Å². The third-order valence-electron chi connectivity index (χ3n) is 1.58. The normalized spacial score (nSPS) is 10.1. The molecule has 16 heavy (non-hydrogen) atoms. The van der Waals surface area contributed by atoms with E-state index in [1.54, 1.807) is 0 Å². The molecular formula is C9H12N4OS2. The predicted octanol–water partition coefficient (Wildman–Crippen LogP) is 1.86. The Bertz CT molecular complexity index is 396. The van der Waals surface area contributed by atoms with E-state index < -0.39 is 0 Å². The van der Waals surface area contributed by atoms with Crippen molar-refractivity contribution in [1.29, 1.82) is 5.26 Å². The van der Waals surface area contributed by atoms with Crippen LogP contribution in [-0.2, 0) is 4.79 Å². The molecule has 0 aliphatic carbocycles. The van der Waals surface area contributed by atoms with Crippen LogP contribution in [0.2, 0.25) is 0 Å². The molecule has 0 unspecified atom stereocenters. The van der Waals surface area contributed by atoms with Crippen molar-refractivity contribution < 1.29 is 4.79 Å². The Kier molecular flexibility index (Phi) is 5.22. The molecule has 86 valence electrons. The third-order valence-corrected chi connectivity index (χ3v) is 3.52. The molecule has 0 saturated heterocycles. The van der Waals surface area contributed by atoms with Gasteiger partial charge in [0.15, 0.2) is 0 Å². The van der Waals surface area contributed by atoms with Crippen molar-refractivity contribution in [2.45, 2.75) is 19.8 Å². The molecule has 7 heteroatoms. The summed E-state index contributed by atoms with van der Waals surface area (Å²) in [6.45, 7) is 4.05. The minimum Gasteiger partial charge on any atom is -0.300 e. The third kappa shape index (κ3) is 4.16. The van der Waals surface area contributed by atoms with Gasteiger partial charge < -0.3 is 0 Å². The van der Waals surface area contributed by atoms with Gasteiger partial charge in [-0.05, 0) is 0 Å². The van der Waals surface area contributed by atoms with E-state index in [0.717, 1.165) is 5.01 Å². The smallest absolute Gasteiger partial charge is 0.236 e. The molecular weight excluding hydrogens is 244 g/mol. The zero-order chi connectivity index (χ0) is 12.0. The van der Waals surface area contributed by atoms with Gasteiger partial charge >= 0.3 is 0 Å². The number of anilines is 1. The van der Waals surface area contributed by atoms with Gasteiger partial charge in [0.25, 0.3) is 0 Å². The second-order valence-corrected chi connectivity index (χ2v) is 5.29. The molecule has 0 bridgehead atoms. The first-order valence-corrected chi connectivity index (χ1v) is 6.68. The average Bonchev–Trinajstić information content (AvgIpc) is 2.66. The number of hydrogen-bond donors (Lipinski definition) is 1. The first kappa shape index (κ1) is 12.9. The van der Waals surface area contributed by atoms with E-state index in [1.807, 2.05) is 19.9 Å². The van der Waals surface area contributed by atoms with Gasteiger partial charge in [-0.3, -0.25) is 10.1 Å². The minimum absolute atomic E-state index is 0.147. The number of hydrogen-bond acceptors (Lipinski definition) is 6. The molecule has 1 N–H and O–H groups in total. The van der Waals surface area contributed by atoms with Crippen LogP contribution in [0.25, 0.3) is 0 Å². The zero-order valence-corrected chi connectivity index (χ0v) is 10.7. The van der Waals surface area contributed by atoms with E-state index in [9.17, 15) is 4.79 Å². The topological polar surface area (TPSA) is 78.7 Å². The summed E-state index contributed by atoms with van der Waals surface area (Å²) in [7, 11) is 0. The largest absolute Gasteiger partial charge is 0.300 e. The molecule has 1 amide bonds. The highest BCUT2D eigenvalue weighted by molar-refractivity contribution is 8.00. The number of nitrogens with one attached hydrogen (secondary N) is 1. The van der Waals surface area contributed by atoms with E-state index in [-0.39, 0.29) is 11.7 Å². The molecule has 0 saturated carbocycles. The molecule has 0 aromatic carbocycles. The summed E-state index contributed by atoms with van der Waals surface area (Å²) in [6.07, 6.45) is 0. The summed E-state index contributed by atoms with van der Waals surface area (Å²) in [5, 5.41) is 20.2. The van der Waals surface area contributed by atoms with Crippen LogP contribution < -0.4 is 5.32 Å². The highest BCUT2D eigenvalue weighted by Gasteiger charge is 2.10. The van der Waals surface area contributed by atoms with Gasteiger partial charge in [0.2, 0.25) is 11.0 Å². The number of nitrogens with zero attached hydrogens (tertiary/aromatic N) is 3. The van der Waals surface area contributed by atoms with Crippen molar-refractivity contribution in [3.63, 3.8) is 0 Å². The van der Waals surface area contributed by atoms with Crippen LogP contribution in [0.3, 0.4) is 0 Å². The Labute approximate surface area is 102 Å². The highest BCUT2D eigenvalue weighted by atomic mass is 32.2. The number of carbonyl (C=O) groups is 1. The number of carbonyl (C=O) groups excluding carboxylic acids is 1. The lowest BCUT2D eigenvalue weighted by atomic mass is 10.2. The minimum atomic E-state index is -0.147. The number of amides is 1. The van der Waals surface area contributed by atoms with Gasteiger partial charge in [0.1, 0.15) is 5.01 Å². The molecule has 1 heterocycles. The quantitative estimate of drug-likeness (QED) is 0.813. The summed E-state index contributed by atoms with van der Waals surface area (Å²) in [6, 6.07) is 1.96. The Morgan fingerprint density at radius 3 is 2.94 bits per heavy atom. The molecule has 0 aliphatic heterocycles. The number of aromatic nitrogens is 2. The van der Waals surface area contributed by atoms with E-state index >= 15 is 0 Å². The van der Waals surface area contributed by atoms with Crippen molar-refractivity contribution in [3.8, 4) is 6.07 Å². The first-order valence-electron chi connectivity index (χ1n) is 4.71. The molecule has 0 fully saturated rings. The molecule has 0 atom stereocenters. The molecule has 1 rings (SSSR count). The first-order chi connectivity index (χ1) is 7.63. The highest BCUT2D eigenvalue weighted by Crippen LogP contribution is 2.22. The zero-order valence-electron chi connectivity index (χ0n) is 9.06. The molecule has 0 spiro atoms. The van der Waals surface area contributed by atoms with Crippen LogP contribution >= 0.6 is 23.1 Å². The van der Waals surface area contributed by atoms with Crippen molar-refractivity contribution >= 4 is 34.1 Å². The van der Waals surface area contributed by atoms with E-state index in [2.05, 4.69) is 15.5 Å². The predicted molar refractivity (Wildman–Crippen MR) is 65.6 cm³/mol. The number of rotatable bonds is 5. The second-order valence-electron chi connectivity index (χ2n) is 3.30. The fourth-order valence-corrected chi connectivity index (χ4v) is 2.08. The lowest BCUT2D eigenvalue weighted by Crippen LogP contribution is -2.14. The summed E-state index contributed by atoms with van der Waals surface area (Å²) in [5.74, 6) is 0.758. The maximum absolute atomic E-state index is 11.4. The summed E-state index contributed by atoms with van der Waals surface area (Å²) < 4.78 is 0. The standard InChI is InChI=1S/C9H12N4OS2/c1-6(2)8-12-13-9(16-8)11-7(14)5-15-4-3-10/h6H,4-5H2,1-2H3,(H,11,13,14). The molecule has 1 aromatic rings. The Morgan fingerprint density at radius 1 is 1.62 bits per heavy atom. The number of thioether (sulfide) groups is 1. The Balaban J connectivity index is 2.41. The van der Waals surface area contributed by atoms with E-state index in [1.165, 1.54) is 23.1 Å². The van der Waals surface area contributed by atoms with Crippen molar-refractivity contribution in [3.05, 3.63) is 5.01 Å². The van der Waals surface area contributed by atoms with Gasteiger partial charge in [0, 0.05) is 5.92 Å². The fourth-order valence-electron chi connectivity index (χ4n) is 0.863. The second kappa shape index (κ2) is 6.45.